The molecule has 5 rings (SSSR count). The van der Waals surface area contributed by atoms with Crippen LogP contribution in [0.4, 0.5) is 0 Å². The molecule has 0 amide bonds. The first kappa shape index (κ1) is 27.2. The number of esters is 1. The topological polar surface area (TPSA) is 105 Å². The van der Waals surface area contributed by atoms with Crippen molar-refractivity contribution in [3.05, 3.63) is 86.6 Å². The van der Waals surface area contributed by atoms with Gasteiger partial charge in [-0.1, -0.05) is 35.3 Å². The third kappa shape index (κ3) is 5.38. The van der Waals surface area contributed by atoms with Crippen molar-refractivity contribution in [2.24, 2.45) is 5.10 Å². The normalized spacial score (nSPS) is 12.2. The Kier molecular flexibility index (Phi) is 7.77. The number of hydrogen-bond donors (Lipinski definition) is 0. The van der Waals surface area contributed by atoms with E-state index in [1.54, 1.807) is 74.5 Å². The largest absolute Gasteiger partial charge is 0.493 e. The molecule has 11 heteroatoms. The Hall–Kier alpha value is -4.34. The van der Waals surface area contributed by atoms with Crippen molar-refractivity contribution in [3.63, 3.8) is 0 Å². The van der Waals surface area contributed by atoms with Crippen molar-refractivity contribution in [1.82, 2.24) is 9.66 Å². The lowest BCUT2D eigenvalue weighted by Gasteiger charge is -2.18. The van der Waals surface area contributed by atoms with Gasteiger partial charge in [0.25, 0.3) is 5.56 Å². The summed E-state index contributed by atoms with van der Waals surface area (Å²) in [5.74, 6) is 0.392. The van der Waals surface area contributed by atoms with Crippen LogP contribution in [0.3, 0.4) is 0 Å². The molecule has 0 N–H and O–H groups in total. The van der Waals surface area contributed by atoms with E-state index in [0.29, 0.717) is 37.9 Å². The molecule has 3 aromatic carbocycles. The van der Waals surface area contributed by atoms with Gasteiger partial charge in [0, 0.05) is 27.1 Å². The summed E-state index contributed by atoms with van der Waals surface area (Å²) in [6.45, 7) is 3.46. The summed E-state index contributed by atoms with van der Waals surface area (Å²) in [6, 6.07) is 17.0. The fourth-order valence-corrected chi connectivity index (χ4v) is 4.48. The van der Waals surface area contributed by atoms with E-state index in [2.05, 4.69) is 10.1 Å². The van der Waals surface area contributed by atoms with Gasteiger partial charge in [-0.25, -0.2) is 9.78 Å². The zero-order valence-electron chi connectivity index (χ0n) is 21.7. The first-order chi connectivity index (χ1) is 19.3. The molecule has 204 valence electrons. The number of nitrogens with zero attached hydrogens (tertiary/aromatic N) is 3. The smallest absolute Gasteiger partial charge is 0.347 e. The Morgan fingerprint density at radius 1 is 1.12 bits per heavy atom. The Bertz CT molecular complexity index is 1830. The maximum atomic E-state index is 13.6. The van der Waals surface area contributed by atoms with Gasteiger partial charge in [-0.05, 0) is 56.3 Å². The van der Waals surface area contributed by atoms with E-state index >= 15 is 0 Å². The molecule has 0 saturated heterocycles. The molecule has 2 aromatic heterocycles. The second-order valence-electron chi connectivity index (χ2n) is 8.65. The Balaban J connectivity index is 1.67. The van der Waals surface area contributed by atoms with E-state index in [4.69, 9.17) is 41.8 Å². The van der Waals surface area contributed by atoms with Crippen molar-refractivity contribution in [2.45, 2.75) is 20.0 Å². The van der Waals surface area contributed by atoms with Crippen molar-refractivity contribution >= 4 is 57.3 Å². The molecule has 40 heavy (non-hydrogen) atoms. The number of para-hydroxylation sites is 1. The number of carbonyl (C=O) groups is 1. The van der Waals surface area contributed by atoms with Crippen LogP contribution in [0.5, 0.6) is 11.5 Å². The van der Waals surface area contributed by atoms with Crippen molar-refractivity contribution in [3.8, 4) is 23.1 Å². The van der Waals surface area contributed by atoms with E-state index < -0.39 is 17.6 Å². The molecule has 0 unspecified atom stereocenters. The van der Waals surface area contributed by atoms with Gasteiger partial charge in [-0.2, -0.15) is 9.78 Å². The minimum absolute atomic E-state index is 0.170. The van der Waals surface area contributed by atoms with Gasteiger partial charge in [0.2, 0.25) is 5.82 Å². The number of hydrogen-bond acceptors (Lipinski definition) is 8. The number of benzene rings is 3. The Labute approximate surface area is 238 Å². The summed E-state index contributed by atoms with van der Waals surface area (Å²) in [7, 11) is 1.44. The fraction of sp³-hybridized carbons (Fsp3) is 0.172. The predicted molar refractivity (Wildman–Crippen MR) is 154 cm³/mol. The number of halogens is 2. The minimum atomic E-state index is -0.954. The summed E-state index contributed by atoms with van der Waals surface area (Å²) in [5, 5.41) is 6.44. The zero-order chi connectivity index (χ0) is 28.4. The van der Waals surface area contributed by atoms with Crippen LogP contribution in [0.25, 0.3) is 33.5 Å². The summed E-state index contributed by atoms with van der Waals surface area (Å²) >= 11 is 12.5. The van der Waals surface area contributed by atoms with E-state index in [9.17, 15) is 9.59 Å². The van der Waals surface area contributed by atoms with Gasteiger partial charge in [0.1, 0.15) is 5.58 Å². The molecule has 0 saturated carbocycles. The second-order valence-corrected chi connectivity index (χ2v) is 9.52. The Morgan fingerprint density at radius 3 is 2.70 bits per heavy atom. The summed E-state index contributed by atoms with van der Waals surface area (Å²) in [5.41, 5.74) is 0.972. The summed E-state index contributed by atoms with van der Waals surface area (Å²) in [6.07, 6.45) is 0.424. The first-order valence-corrected chi connectivity index (χ1v) is 13.0. The number of furan rings is 1. The van der Waals surface area contributed by atoms with Gasteiger partial charge in [0.15, 0.2) is 23.4 Å². The van der Waals surface area contributed by atoms with Gasteiger partial charge in [-0.3, -0.25) is 4.79 Å². The third-order valence-electron chi connectivity index (χ3n) is 5.95. The third-order valence-corrected chi connectivity index (χ3v) is 6.40. The highest BCUT2D eigenvalue weighted by Gasteiger charge is 2.22. The van der Waals surface area contributed by atoms with Crippen LogP contribution in [0.15, 0.2) is 75.0 Å². The number of ether oxygens (including phenoxy) is 3. The van der Waals surface area contributed by atoms with Crippen LogP contribution in [0, 0.1) is 0 Å². The number of methoxy groups -OCH3 is 1. The van der Waals surface area contributed by atoms with E-state index in [0.717, 1.165) is 10.1 Å². The highest BCUT2D eigenvalue weighted by atomic mass is 35.5. The molecule has 0 spiro atoms. The van der Waals surface area contributed by atoms with Crippen molar-refractivity contribution in [1.29, 1.82) is 0 Å². The van der Waals surface area contributed by atoms with Crippen molar-refractivity contribution < 1.29 is 23.4 Å². The molecule has 5 aromatic rings. The average Bonchev–Trinajstić information content (AvgIpc) is 3.36. The molecule has 0 aliphatic carbocycles. The highest BCUT2D eigenvalue weighted by Crippen LogP contribution is 2.35. The number of fused-ring (bicyclic) bond motifs is 2. The molecule has 0 aliphatic rings. The van der Waals surface area contributed by atoms with Gasteiger partial charge in [-0.15, -0.1) is 0 Å². The maximum absolute atomic E-state index is 13.6. The number of rotatable bonds is 8. The molecule has 0 fully saturated rings. The van der Waals surface area contributed by atoms with Crippen LogP contribution in [0.2, 0.25) is 10.0 Å². The molecular weight excluding hydrogens is 557 g/mol. The van der Waals surface area contributed by atoms with Gasteiger partial charge in [0.05, 0.1) is 30.8 Å². The van der Waals surface area contributed by atoms with Crippen molar-refractivity contribution in [2.75, 3.05) is 13.7 Å². The number of carbonyl (C=O) groups excluding carboxylic acids is 1. The standard InChI is InChI=1S/C29H23Cl2N3O6/c1-4-38-29(36)16(2)39-26-18(12-20(31)14-24(26)37-3)15-32-34-27(33-22-8-6-5-7-21(22)28(34)35)25-13-17-11-19(30)9-10-23(17)40-25/h5-16H,4H2,1-3H3/t16-/m1/s1. The molecule has 1 atom stereocenters. The van der Waals surface area contributed by atoms with Crippen LogP contribution >= 0.6 is 23.2 Å². The molecule has 0 aliphatic heterocycles. The molecule has 0 bridgehead atoms. The van der Waals surface area contributed by atoms with Crippen LogP contribution in [-0.4, -0.2) is 41.7 Å². The van der Waals surface area contributed by atoms with Gasteiger partial charge >= 0.3 is 5.97 Å². The summed E-state index contributed by atoms with van der Waals surface area (Å²) in [4.78, 5) is 30.6. The molecule has 9 nitrogen and oxygen atoms in total. The van der Waals surface area contributed by atoms with Gasteiger partial charge < -0.3 is 18.6 Å². The van der Waals surface area contributed by atoms with E-state index in [1.807, 2.05) is 0 Å². The van der Waals surface area contributed by atoms with Crippen LogP contribution < -0.4 is 15.0 Å². The van der Waals surface area contributed by atoms with E-state index in [1.165, 1.54) is 13.3 Å². The monoisotopic (exact) mass is 579 g/mol. The Morgan fingerprint density at radius 2 is 1.93 bits per heavy atom. The fourth-order valence-electron chi connectivity index (χ4n) is 4.08. The summed E-state index contributed by atoms with van der Waals surface area (Å²) < 4.78 is 23.6. The van der Waals surface area contributed by atoms with E-state index in [-0.39, 0.29) is 23.9 Å². The lowest BCUT2D eigenvalue weighted by Crippen LogP contribution is -2.26. The maximum Gasteiger partial charge on any atom is 0.347 e. The predicted octanol–water partition coefficient (Wildman–Crippen LogP) is 6.34. The minimum Gasteiger partial charge on any atom is -0.493 e. The zero-order valence-corrected chi connectivity index (χ0v) is 23.2. The van der Waals surface area contributed by atoms with Crippen LogP contribution in [-0.2, 0) is 9.53 Å². The molecular formula is C29H23Cl2N3O6. The second kappa shape index (κ2) is 11.4. The number of aromatic nitrogens is 2. The molecule has 0 radical (unpaired) electrons. The quantitative estimate of drug-likeness (QED) is 0.156. The molecule has 2 heterocycles. The SMILES string of the molecule is CCOC(=O)[C@@H](C)Oc1c(C=Nn2c(-c3cc4cc(Cl)ccc4o3)nc3ccccc3c2=O)cc(Cl)cc1OC. The lowest BCUT2D eigenvalue weighted by atomic mass is 10.2. The van der Waals surface area contributed by atoms with Crippen LogP contribution in [0.1, 0.15) is 19.4 Å². The highest BCUT2D eigenvalue weighted by molar-refractivity contribution is 6.31. The average molecular weight is 580 g/mol. The first-order valence-electron chi connectivity index (χ1n) is 12.3. The lowest BCUT2D eigenvalue weighted by molar-refractivity contribution is -0.150.